The van der Waals surface area contributed by atoms with Crippen molar-refractivity contribution in [2.24, 2.45) is 0 Å². The van der Waals surface area contributed by atoms with E-state index in [2.05, 4.69) is 5.32 Å². The van der Waals surface area contributed by atoms with Gasteiger partial charge in [0.25, 0.3) is 0 Å². The second-order valence-corrected chi connectivity index (χ2v) is 4.29. The van der Waals surface area contributed by atoms with E-state index in [1.807, 2.05) is 0 Å². The number of Topliss-reactive ketones (excluding diaryl/α,β-unsaturated/α-hetero) is 1. The number of amides is 1. The number of ether oxygens (including phenoxy) is 1. The van der Waals surface area contributed by atoms with E-state index in [9.17, 15) is 9.59 Å². The van der Waals surface area contributed by atoms with Gasteiger partial charge in [0.2, 0.25) is 0 Å². The maximum Gasteiger partial charge on any atom is 0.408 e. The Morgan fingerprint density at radius 3 is 2.95 bits per heavy atom. The molecule has 1 fully saturated rings. The number of nitrogens with zero attached hydrogens (tertiary/aromatic N) is 1. The van der Waals surface area contributed by atoms with Gasteiger partial charge in [0.1, 0.15) is 11.8 Å². The van der Waals surface area contributed by atoms with Crippen LogP contribution in [-0.4, -0.2) is 54.7 Å². The average molecular weight is 264 g/mol. The molecule has 1 unspecified atom stereocenters. The minimum Gasteiger partial charge on any atom is -0.497 e. The fraction of sp³-hybridized carbons (Fsp3) is 0.385. The summed E-state index contributed by atoms with van der Waals surface area (Å²) in [6, 6.07) is 6.06. The van der Waals surface area contributed by atoms with Gasteiger partial charge in [-0.15, -0.1) is 0 Å². The maximum absolute atomic E-state index is 12.4. The summed E-state index contributed by atoms with van der Waals surface area (Å²) in [5.74, 6) is 0.366. The third kappa shape index (κ3) is 2.85. The Labute approximate surface area is 111 Å². The number of carbonyl (C=O) groups is 2. The van der Waals surface area contributed by atoms with E-state index in [1.165, 1.54) is 12.0 Å². The van der Waals surface area contributed by atoms with Crippen molar-refractivity contribution in [1.29, 1.82) is 0 Å². The quantitative estimate of drug-likeness (QED) is 0.791. The first-order chi connectivity index (χ1) is 9.13. The second kappa shape index (κ2) is 5.71. The molecule has 102 valence electrons. The summed E-state index contributed by atoms with van der Waals surface area (Å²) in [5, 5.41) is 12.2. The van der Waals surface area contributed by atoms with Crippen molar-refractivity contribution in [3.8, 4) is 5.75 Å². The summed E-state index contributed by atoms with van der Waals surface area (Å²) in [7, 11) is 1.52. The Bertz CT molecular complexity index is 489. The van der Waals surface area contributed by atoms with Crippen LogP contribution in [0.1, 0.15) is 10.4 Å². The first kappa shape index (κ1) is 13.4. The molecule has 2 N–H and O–H groups in total. The second-order valence-electron chi connectivity index (χ2n) is 4.29. The van der Waals surface area contributed by atoms with Crippen molar-refractivity contribution >= 4 is 11.9 Å². The minimum atomic E-state index is -1.07. The van der Waals surface area contributed by atoms with Crippen LogP contribution in [0.15, 0.2) is 24.3 Å². The third-order valence-corrected chi connectivity index (χ3v) is 3.15. The highest BCUT2D eigenvalue weighted by Crippen LogP contribution is 2.17. The molecule has 2 rings (SSSR count). The first-order valence-electron chi connectivity index (χ1n) is 6.02. The molecule has 6 heteroatoms. The summed E-state index contributed by atoms with van der Waals surface area (Å²) < 4.78 is 5.07. The number of benzene rings is 1. The molecule has 0 radical (unpaired) electrons. The van der Waals surface area contributed by atoms with Crippen molar-refractivity contribution in [3.05, 3.63) is 29.8 Å². The molecule has 1 heterocycles. The topological polar surface area (TPSA) is 78.9 Å². The number of methoxy groups -OCH3 is 1. The zero-order valence-electron chi connectivity index (χ0n) is 10.6. The lowest BCUT2D eigenvalue weighted by Crippen LogP contribution is -2.56. The van der Waals surface area contributed by atoms with Gasteiger partial charge in [-0.05, 0) is 12.1 Å². The molecule has 1 saturated heterocycles. The van der Waals surface area contributed by atoms with Crippen LogP contribution in [0, 0.1) is 0 Å². The minimum absolute atomic E-state index is 0.214. The summed E-state index contributed by atoms with van der Waals surface area (Å²) >= 11 is 0. The van der Waals surface area contributed by atoms with Crippen LogP contribution in [-0.2, 0) is 0 Å². The third-order valence-electron chi connectivity index (χ3n) is 3.15. The summed E-state index contributed by atoms with van der Waals surface area (Å²) in [5.41, 5.74) is 0.458. The average Bonchev–Trinajstić information content (AvgIpc) is 2.46. The van der Waals surface area contributed by atoms with Crippen LogP contribution in [0.4, 0.5) is 4.79 Å². The highest BCUT2D eigenvalue weighted by Gasteiger charge is 2.32. The molecule has 1 amide bonds. The Morgan fingerprint density at radius 1 is 1.47 bits per heavy atom. The van der Waals surface area contributed by atoms with Crippen molar-refractivity contribution in [3.63, 3.8) is 0 Å². The van der Waals surface area contributed by atoms with Crippen LogP contribution in [0.25, 0.3) is 0 Å². The van der Waals surface area contributed by atoms with Crippen LogP contribution in [0.5, 0.6) is 5.75 Å². The van der Waals surface area contributed by atoms with Gasteiger partial charge in [-0.25, -0.2) is 4.79 Å². The number of ketones is 1. The lowest BCUT2D eigenvalue weighted by Gasteiger charge is -2.33. The smallest absolute Gasteiger partial charge is 0.408 e. The number of hydrogen-bond acceptors (Lipinski definition) is 4. The SMILES string of the molecule is COc1cccc(C(=O)C2CNCCN2C(=O)O)c1. The van der Waals surface area contributed by atoms with E-state index >= 15 is 0 Å². The molecule has 1 aromatic carbocycles. The lowest BCUT2D eigenvalue weighted by molar-refractivity contribution is 0.0740. The summed E-state index contributed by atoms with van der Waals surface area (Å²) in [6.07, 6.45) is -1.07. The fourth-order valence-electron chi connectivity index (χ4n) is 2.14. The monoisotopic (exact) mass is 264 g/mol. The van der Waals surface area contributed by atoms with Crippen molar-refractivity contribution < 1.29 is 19.4 Å². The van der Waals surface area contributed by atoms with Crippen LogP contribution in [0.3, 0.4) is 0 Å². The standard InChI is InChI=1S/C13H16N2O4/c1-19-10-4-2-3-9(7-10)12(16)11-8-14-5-6-15(11)13(17)18/h2-4,7,11,14H,5-6,8H2,1H3,(H,17,18). The van der Waals surface area contributed by atoms with Gasteiger partial charge in [0.15, 0.2) is 5.78 Å². The van der Waals surface area contributed by atoms with Gasteiger partial charge in [-0.1, -0.05) is 12.1 Å². The van der Waals surface area contributed by atoms with E-state index in [0.717, 1.165) is 0 Å². The Hall–Kier alpha value is -2.08. The van der Waals surface area contributed by atoms with E-state index < -0.39 is 12.1 Å². The molecular formula is C13H16N2O4. The van der Waals surface area contributed by atoms with Gasteiger partial charge in [-0.3, -0.25) is 9.69 Å². The molecule has 19 heavy (non-hydrogen) atoms. The summed E-state index contributed by atoms with van der Waals surface area (Å²) in [6.45, 7) is 1.21. The van der Waals surface area contributed by atoms with Gasteiger partial charge in [0.05, 0.1) is 7.11 Å². The molecular weight excluding hydrogens is 248 g/mol. The molecule has 1 aliphatic heterocycles. The Kier molecular flexibility index (Phi) is 4.01. The Morgan fingerprint density at radius 2 is 2.26 bits per heavy atom. The Balaban J connectivity index is 2.23. The number of carbonyl (C=O) groups excluding carboxylic acids is 1. The van der Waals surface area contributed by atoms with E-state index in [4.69, 9.17) is 9.84 Å². The highest BCUT2D eigenvalue weighted by molar-refractivity contribution is 6.02. The molecule has 1 atom stereocenters. The predicted octanol–water partition coefficient (Wildman–Crippen LogP) is 0.830. The largest absolute Gasteiger partial charge is 0.497 e. The number of nitrogens with one attached hydrogen (secondary N) is 1. The molecule has 1 aromatic rings. The number of hydrogen-bond donors (Lipinski definition) is 2. The predicted molar refractivity (Wildman–Crippen MR) is 68.7 cm³/mol. The first-order valence-corrected chi connectivity index (χ1v) is 6.02. The zero-order valence-corrected chi connectivity index (χ0v) is 10.6. The van der Waals surface area contributed by atoms with Crippen molar-refractivity contribution in [2.45, 2.75) is 6.04 Å². The van der Waals surface area contributed by atoms with E-state index in [-0.39, 0.29) is 5.78 Å². The maximum atomic E-state index is 12.4. The van der Waals surface area contributed by atoms with Gasteiger partial charge < -0.3 is 15.2 Å². The van der Waals surface area contributed by atoms with Crippen LogP contribution >= 0.6 is 0 Å². The molecule has 1 aliphatic rings. The molecule has 6 nitrogen and oxygen atoms in total. The molecule has 0 aliphatic carbocycles. The van der Waals surface area contributed by atoms with Gasteiger partial charge in [0, 0.05) is 25.2 Å². The lowest BCUT2D eigenvalue weighted by atomic mass is 10.0. The number of rotatable bonds is 3. The van der Waals surface area contributed by atoms with Crippen LogP contribution < -0.4 is 10.1 Å². The summed E-state index contributed by atoms with van der Waals surface area (Å²) in [4.78, 5) is 24.7. The number of carboxylic acid groups (broad SMARTS) is 1. The molecule has 0 spiro atoms. The fourth-order valence-corrected chi connectivity index (χ4v) is 2.14. The van der Waals surface area contributed by atoms with Gasteiger partial charge in [-0.2, -0.15) is 0 Å². The van der Waals surface area contributed by atoms with E-state index in [1.54, 1.807) is 24.3 Å². The molecule has 0 aromatic heterocycles. The highest BCUT2D eigenvalue weighted by atomic mass is 16.5. The zero-order chi connectivity index (χ0) is 13.8. The van der Waals surface area contributed by atoms with E-state index in [0.29, 0.717) is 30.9 Å². The number of piperazine rings is 1. The van der Waals surface area contributed by atoms with Crippen molar-refractivity contribution in [2.75, 3.05) is 26.7 Å². The normalized spacial score (nSPS) is 19.0. The molecule has 0 bridgehead atoms. The van der Waals surface area contributed by atoms with Gasteiger partial charge >= 0.3 is 6.09 Å². The molecule has 0 saturated carbocycles. The van der Waals surface area contributed by atoms with Crippen molar-refractivity contribution in [1.82, 2.24) is 10.2 Å². The van der Waals surface area contributed by atoms with Crippen LogP contribution in [0.2, 0.25) is 0 Å².